The summed E-state index contributed by atoms with van der Waals surface area (Å²) in [7, 11) is 1.66. The van der Waals surface area contributed by atoms with Gasteiger partial charge in [0.1, 0.15) is 0 Å². The lowest BCUT2D eigenvalue weighted by molar-refractivity contribution is -0.127. The van der Waals surface area contributed by atoms with Gasteiger partial charge in [0.2, 0.25) is 5.91 Å². The molecule has 2 fully saturated rings. The van der Waals surface area contributed by atoms with E-state index >= 15 is 0 Å². The molecule has 0 radical (unpaired) electrons. The Bertz CT molecular complexity index is 330. The summed E-state index contributed by atoms with van der Waals surface area (Å²) in [4.78, 5) is 12.1. The molecule has 4 nitrogen and oxygen atoms in total. The summed E-state index contributed by atoms with van der Waals surface area (Å²) in [5.41, 5.74) is -0.0786. The van der Waals surface area contributed by atoms with Crippen LogP contribution in [0, 0.1) is 0 Å². The number of carbonyl (C=O) groups excluding carboxylic acids is 1. The quantitative estimate of drug-likeness (QED) is 0.832. The molecule has 116 valence electrons. The monoisotopic (exact) mass is 282 g/mol. The molecule has 1 aliphatic heterocycles. The fourth-order valence-corrected chi connectivity index (χ4v) is 3.63. The van der Waals surface area contributed by atoms with E-state index in [0.717, 1.165) is 19.4 Å². The minimum Gasteiger partial charge on any atom is -0.378 e. The van der Waals surface area contributed by atoms with Crippen LogP contribution < -0.4 is 10.6 Å². The second-order valence-corrected chi connectivity index (χ2v) is 7.17. The molecule has 2 N–H and O–H groups in total. The first kappa shape index (κ1) is 15.8. The number of hydrogen-bond donors (Lipinski definition) is 2. The van der Waals surface area contributed by atoms with Crippen LogP contribution in [-0.4, -0.2) is 36.7 Å². The average Bonchev–Trinajstić information content (AvgIpc) is 2.39. The van der Waals surface area contributed by atoms with Crippen molar-refractivity contribution in [3.8, 4) is 0 Å². The number of carbonyl (C=O) groups is 1. The highest BCUT2D eigenvalue weighted by Gasteiger charge is 2.37. The Morgan fingerprint density at radius 3 is 2.70 bits per heavy atom. The van der Waals surface area contributed by atoms with Gasteiger partial charge in [-0.25, -0.2) is 0 Å². The summed E-state index contributed by atoms with van der Waals surface area (Å²) in [6.45, 7) is 4.94. The highest BCUT2D eigenvalue weighted by molar-refractivity contribution is 5.77. The van der Waals surface area contributed by atoms with Crippen molar-refractivity contribution in [2.45, 2.75) is 82.4 Å². The lowest BCUT2D eigenvalue weighted by Crippen LogP contribution is -2.57. The van der Waals surface area contributed by atoms with Crippen molar-refractivity contribution in [3.63, 3.8) is 0 Å². The van der Waals surface area contributed by atoms with Crippen LogP contribution in [0.25, 0.3) is 0 Å². The summed E-state index contributed by atoms with van der Waals surface area (Å²) in [6, 6.07) is 0.328. The van der Waals surface area contributed by atoms with Crippen LogP contribution in [0.3, 0.4) is 0 Å². The molecule has 0 bridgehead atoms. The average molecular weight is 282 g/mol. The highest BCUT2D eigenvalue weighted by Crippen LogP contribution is 2.34. The zero-order chi connectivity index (χ0) is 14.6. The Morgan fingerprint density at radius 1 is 1.35 bits per heavy atom. The summed E-state index contributed by atoms with van der Waals surface area (Å²) < 4.78 is 5.33. The number of piperidine rings is 1. The molecule has 0 aromatic heterocycles. The van der Waals surface area contributed by atoms with E-state index in [-0.39, 0.29) is 11.5 Å². The van der Waals surface area contributed by atoms with Crippen molar-refractivity contribution in [2.75, 3.05) is 13.7 Å². The molecule has 1 atom stereocenters. The normalized spacial score (nSPS) is 26.4. The van der Waals surface area contributed by atoms with Crippen molar-refractivity contribution in [3.05, 3.63) is 0 Å². The Hall–Kier alpha value is -0.610. The van der Waals surface area contributed by atoms with Gasteiger partial charge < -0.3 is 15.4 Å². The van der Waals surface area contributed by atoms with Gasteiger partial charge in [0, 0.05) is 18.7 Å². The molecule has 1 saturated carbocycles. The van der Waals surface area contributed by atoms with E-state index in [2.05, 4.69) is 10.6 Å². The predicted molar refractivity (Wildman–Crippen MR) is 80.7 cm³/mol. The van der Waals surface area contributed by atoms with Crippen LogP contribution in [-0.2, 0) is 9.53 Å². The summed E-state index contributed by atoms with van der Waals surface area (Å²) in [6.07, 6.45) is 9.11. The standard InChI is InChI=1S/C16H30N2O2/c1-15(2,20-3)12-14(19)18-13-7-10-17-16(11-13)8-5-4-6-9-16/h13,17H,4-12H2,1-3H3,(H,18,19). The number of ether oxygens (including phenoxy) is 1. The third-order valence-electron chi connectivity index (χ3n) is 4.94. The van der Waals surface area contributed by atoms with Crippen LogP contribution in [0.15, 0.2) is 0 Å². The molecule has 1 saturated heterocycles. The van der Waals surface area contributed by atoms with Crippen LogP contribution in [0.4, 0.5) is 0 Å². The second kappa shape index (κ2) is 6.44. The van der Waals surface area contributed by atoms with Gasteiger partial charge in [0.15, 0.2) is 0 Å². The first-order valence-corrected chi connectivity index (χ1v) is 8.04. The Kier molecular flexibility index (Phi) is 5.08. The predicted octanol–water partition coefficient (Wildman–Crippen LogP) is 2.37. The minimum absolute atomic E-state index is 0.120. The maximum Gasteiger partial charge on any atom is 0.223 e. The zero-order valence-electron chi connectivity index (χ0n) is 13.3. The highest BCUT2D eigenvalue weighted by atomic mass is 16.5. The van der Waals surface area contributed by atoms with E-state index < -0.39 is 0 Å². The third-order valence-corrected chi connectivity index (χ3v) is 4.94. The first-order valence-electron chi connectivity index (χ1n) is 8.04. The summed E-state index contributed by atoms with van der Waals surface area (Å²) >= 11 is 0. The largest absolute Gasteiger partial charge is 0.378 e. The molecule has 0 aromatic carbocycles. The zero-order valence-corrected chi connectivity index (χ0v) is 13.3. The first-order chi connectivity index (χ1) is 9.45. The maximum atomic E-state index is 12.1. The Morgan fingerprint density at radius 2 is 2.05 bits per heavy atom. The molecule has 20 heavy (non-hydrogen) atoms. The van der Waals surface area contributed by atoms with Crippen LogP contribution >= 0.6 is 0 Å². The molecule has 1 amide bonds. The van der Waals surface area contributed by atoms with Crippen LogP contribution in [0.2, 0.25) is 0 Å². The SMILES string of the molecule is COC(C)(C)CC(=O)NC1CCNC2(CCCCC2)C1. The maximum absolute atomic E-state index is 12.1. The minimum atomic E-state index is -0.375. The van der Waals surface area contributed by atoms with Gasteiger partial charge in [-0.3, -0.25) is 4.79 Å². The molecule has 0 aromatic rings. The van der Waals surface area contributed by atoms with Gasteiger partial charge in [0.25, 0.3) is 0 Å². The van der Waals surface area contributed by atoms with Crippen molar-refractivity contribution in [1.29, 1.82) is 0 Å². The molecule has 2 aliphatic rings. The van der Waals surface area contributed by atoms with Gasteiger partial charge in [0.05, 0.1) is 12.0 Å². The lowest BCUT2D eigenvalue weighted by Gasteiger charge is -2.45. The summed E-state index contributed by atoms with van der Waals surface area (Å²) in [5, 5.41) is 6.94. The van der Waals surface area contributed by atoms with Crippen molar-refractivity contribution >= 4 is 5.91 Å². The molecule has 1 unspecified atom stereocenters. The number of nitrogens with one attached hydrogen (secondary N) is 2. The van der Waals surface area contributed by atoms with E-state index in [1.165, 1.54) is 32.1 Å². The van der Waals surface area contributed by atoms with Crippen LogP contribution in [0.5, 0.6) is 0 Å². The van der Waals surface area contributed by atoms with E-state index in [9.17, 15) is 4.79 Å². The van der Waals surface area contributed by atoms with E-state index in [4.69, 9.17) is 4.74 Å². The number of rotatable bonds is 4. The molecule has 1 spiro atoms. The van der Waals surface area contributed by atoms with Crippen molar-refractivity contribution in [2.24, 2.45) is 0 Å². The Labute approximate surface area is 123 Å². The molecule has 1 aliphatic carbocycles. The third kappa shape index (κ3) is 4.19. The Balaban J connectivity index is 1.85. The second-order valence-electron chi connectivity index (χ2n) is 7.17. The van der Waals surface area contributed by atoms with Crippen LogP contribution in [0.1, 0.15) is 65.2 Å². The van der Waals surface area contributed by atoms with Gasteiger partial charge in [-0.05, 0) is 46.1 Å². The fourth-order valence-electron chi connectivity index (χ4n) is 3.63. The number of methoxy groups -OCH3 is 1. The molecule has 1 heterocycles. The van der Waals surface area contributed by atoms with Gasteiger partial charge in [-0.2, -0.15) is 0 Å². The molecular formula is C16H30N2O2. The fraction of sp³-hybridized carbons (Fsp3) is 0.938. The lowest BCUT2D eigenvalue weighted by atomic mass is 9.75. The van der Waals surface area contributed by atoms with Gasteiger partial charge >= 0.3 is 0 Å². The van der Waals surface area contributed by atoms with Crippen molar-refractivity contribution < 1.29 is 9.53 Å². The number of amides is 1. The number of hydrogen-bond acceptors (Lipinski definition) is 3. The van der Waals surface area contributed by atoms with E-state index in [0.29, 0.717) is 18.0 Å². The molecule has 4 heteroatoms. The smallest absolute Gasteiger partial charge is 0.223 e. The summed E-state index contributed by atoms with van der Waals surface area (Å²) in [5.74, 6) is 0.120. The topological polar surface area (TPSA) is 50.4 Å². The van der Waals surface area contributed by atoms with Crippen molar-refractivity contribution in [1.82, 2.24) is 10.6 Å². The van der Waals surface area contributed by atoms with E-state index in [1.54, 1.807) is 7.11 Å². The molecular weight excluding hydrogens is 252 g/mol. The van der Waals surface area contributed by atoms with Gasteiger partial charge in [-0.1, -0.05) is 19.3 Å². The van der Waals surface area contributed by atoms with Gasteiger partial charge in [-0.15, -0.1) is 0 Å². The molecule has 2 rings (SSSR count). The van der Waals surface area contributed by atoms with E-state index in [1.807, 2.05) is 13.8 Å².